The van der Waals surface area contributed by atoms with Gasteiger partial charge in [0.1, 0.15) is 0 Å². The van der Waals surface area contributed by atoms with Crippen LogP contribution in [0.15, 0.2) is 18.2 Å². The van der Waals surface area contributed by atoms with E-state index in [2.05, 4.69) is 25.1 Å². The second-order valence-corrected chi connectivity index (χ2v) is 5.95. The number of aliphatic carboxylic acids is 1. The molecule has 0 aliphatic heterocycles. The van der Waals surface area contributed by atoms with Gasteiger partial charge in [-0.3, -0.25) is 4.79 Å². The molecule has 2 rings (SSSR count). The molecular weight excluding hydrogens is 224 g/mol. The molecule has 98 valence electrons. The SMILES string of the molecule is Cc1cc(C)cc(C2(C(=O)O)CCC(C)CC2)c1. The Morgan fingerprint density at radius 1 is 1.17 bits per heavy atom. The molecule has 0 unspecified atom stereocenters. The van der Waals surface area contributed by atoms with E-state index in [4.69, 9.17) is 0 Å². The van der Waals surface area contributed by atoms with Crippen LogP contribution < -0.4 is 0 Å². The van der Waals surface area contributed by atoms with E-state index in [1.54, 1.807) is 0 Å². The summed E-state index contributed by atoms with van der Waals surface area (Å²) in [6, 6.07) is 6.21. The van der Waals surface area contributed by atoms with Crippen LogP contribution in [0.1, 0.15) is 49.3 Å². The standard InChI is InChI=1S/C16H22O2/c1-11-4-6-16(7-5-11,15(17)18)14-9-12(2)8-13(3)10-14/h8-11H,4-7H2,1-3H3,(H,17,18). The summed E-state index contributed by atoms with van der Waals surface area (Å²) in [7, 11) is 0. The van der Waals surface area contributed by atoms with Crippen molar-refractivity contribution in [2.45, 2.75) is 51.9 Å². The van der Waals surface area contributed by atoms with Crippen LogP contribution in [-0.2, 0) is 10.2 Å². The van der Waals surface area contributed by atoms with Crippen molar-refractivity contribution in [3.8, 4) is 0 Å². The number of carbonyl (C=O) groups is 1. The quantitative estimate of drug-likeness (QED) is 0.861. The zero-order chi connectivity index (χ0) is 13.3. The number of rotatable bonds is 2. The van der Waals surface area contributed by atoms with Crippen LogP contribution in [0.3, 0.4) is 0 Å². The van der Waals surface area contributed by atoms with Crippen molar-refractivity contribution in [1.29, 1.82) is 0 Å². The van der Waals surface area contributed by atoms with Gasteiger partial charge in [0.25, 0.3) is 0 Å². The fraction of sp³-hybridized carbons (Fsp3) is 0.562. The van der Waals surface area contributed by atoms with Gasteiger partial charge >= 0.3 is 5.97 Å². The van der Waals surface area contributed by atoms with Crippen molar-refractivity contribution in [2.24, 2.45) is 5.92 Å². The summed E-state index contributed by atoms with van der Waals surface area (Å²) in [6.07, 6.45) is 3.57. The smallest absolute Gasteiger partial charge is 0.314 e. The van der Waals surface area contributed by atoms with Crippen molar-refractivity contribution in [3.63, 3.8) is 0 Å². The van der Waals surface area contributed by atoms with E-state index in [1.807, 2.05) is 13.8 Å². The molecule has 1 fully saturated rings. The highest BCUT2D eigenvalue weighted by molar-refractivity contribution is 5.81. The molecule has 0 bridgehead atoms. The lowest BCUT2D eigenvalue weighted by atomic mass is 9.66. The van der Waals surface area contributed by atoms with E-state index in [0.29, 0.717) is 5.92 Å². The maximum atomic E-state index is 11.8. The molecule has 1 saturated carbocycles. The zero-order valence-corrected chi connectivity index (χ0v) is 11.5. The summed E-state index contributed by atoms with van der Waals surface area (Å²) in [4.78, 5) is 11.8. The Balaban J connectivity index is 2.44. The minimum Gasteiger partial charge on any atom is -0.481 e. The van der Waals surface area contributed by atoms with E-state index in [-0.39, 0.29) is 0 Å². The summed E-state index contributed by atoms with van der Waals surface area (Å²) < 4.78 is 0. The maximum absolute atomic E-state index is 11.8. The average molecular weight is 246 g/mol. The predicted octanol–water partition coefficient (Wildman–Crippen LogP) is 3.84. The molecule has 2 nitrogen and oxygen atoms in total. The molecule has 0 saturated heterocycles. The van der Waals surface area contributed by atoms with Crippen molar-refractivity contribution in [2.75, 3.05) is 0 Å². The fourth-order valence-electron chi connectivity index (χ4n) is 3.13. The van der Waals surface area contributed by atoms with Gasteiger partial charge in [-0.1, -0.05) is 36.2 Å². The third-order valence-corrected chi connectivity index (χ3v) is 4.31. The fourth-order valence-corrected chi connectivity index (χ4v) is 3.13. The van der Waals surface area contributed by atoms with Crippen LogP contribution >= 0.6 is 0 Å². The lowest BCUT2D eigenvalue weighted by Gasteiger charge is -2.36. The second kappa shape index (κ2) is 4.75. The van der Waals surface area contributed by atoms with Gasteiger partial charge in [0.2, 0.25) is 0 Å². The Hall–Kier alpha value is -1.31. The number of aryl methyl sites for hydroxylation is 2. The highest BCUT2D eigenvalue weighted by atomic mass is 16.4. The molecule has 0 amide bonds. The van der Waals surface area contributed by atoms with Crippen LogP contribution in [0.5, 0.6) is 0 Å². The second-order valence-electron chi connectivity index (χ2n) is 5.95. The molecule has 1 aliphatic rings. The Bertz CT molecular complexity index is 434. The molecule has 18 heavy (non-hydrogen) atoms. The third kappa shape index (κ3) is 2.29. The molecule has 1 N–H and O–H groups in total. The number of carboxylic acid groups (broad SMARTS) is 1. The van der Waals surface area contributed by atoms with Crippen molar-refractivity contribution >= 4 is 5.97 Å². The van der Waals surface area contributed by atoms with Crippen LogP contribution in [0.4, 0.5) is 0 Å². The van der Waals surface area contributed by atoms with Crippen LogP contribution in [-0.4, -0.2) is 11.1 Å². The summed E-state index contributed by atoms with van der Waals surface area (Å²) in [5.74, 6) is 0.00258. The minimum atomic E-state index is -0.653. The minimum absolute atomic E-state index is 0.650. The molecule has 0 radical (unpaired) electrons. The Kier molecular flexibility index (Phi) is 3.47. The van der Waals surface area contributed by atoms with E-state index in [0.717, 1.165) is 42.4 Å². The van der Waals surface area contributed by atoms with Crippen molar-refractivity contribution in [3.05, 3.63) is 34.9 Å². The Morgan fingerprint density at radius 2 is 1.67 bits per heavy atom. The molecular formula is C16H22O2. The van der Waals surface area contributed by atoms with Crippen LogP contribution in [0.2, 0.25) is 0 Å². The average Bonchev–Trinajstić information content (AvgIpc) is 2.28. The van der Waals surface area contributed by atoms with Crippen molar-refractivity contribution in [1.82, 2.24) is 0 Å². The number of hydrogen-bond donors (Lipinski definition) is 1. The predicted molar refractivity (Wildman–Crippen MR) is 72.9 cm³/mol. The maximum Gasteiger partial charge on any atom is 0.314 e. The summed E-state index contributed by atoms with van der Waals surface area (Å²) in [5, 5.41) is 9.71. The number of carboxylic acids is 1. The largest absolute Gasteiger partial charge is 0.481 e. The summed E-state index contributed by atoms with van der Waals surface area (Å²) >= 11 is 0. The van der Waals surface area contributed by atoms with Gasteiger partial charge in [-0.15, -0.1) is 0 Å². The monoisotopic (exact) mass is 246 g/mol. The van der Waals surface area contributed by atoms with Gasteiger partial charge in [0.05, 0.1) is 5.41 Å². The number of benzene rings is 1. The highest BCUT2D eigenvalue weighted by Crippen LogP contribution is 2.42. The van der Waals surface area contributed by atoms with Crippen LogP contribution in [0.25, 0.3) is 0 Å². The molecule has 0 spiro atoms. The molecule has 0 heterocycles. The van der Waals surface area contributed by atoms with Gasteiger partial charge in [-0.05, 0) is 51.0 Å². The first-order valence-electron chi connectivity index (χ1n) is 6.76. The first-order valence-corrected chi connectivity index (χ1v) is 6.76. The lowest BCUT2D eigenvalue weighted by molar-refractivity contribution is -0.145. The first kappa shape index (κ1) is 13.1. The summed E-state index contributed by atoms with van der Waals surface area (Å²) in [6.45, 7) is 6.29. The van der Waals surface area contributed by atoms with E-state index < -0.39 is 11.4 Å². The highest BCUT2D eigenvalue weighted by Gasteiger charge is 2.42. The zero-order valence-electron chi connectivity index (χ0n) is 11.5. The Morgan fingerprint density at radius 3 is 2.11 bits per heavy atom. The molecule has 1 aromatic rings. The Labute approximate surface area is 109 Å². The van der Waals surface area contributed by atoms with Gasteiger partial charge in [0, 0.05) is 0 Å². The van der Waals surface area contributed by atoms with E-state index >= 15 is 0 Å². The van der Waals surface area contributed by atoms with Crippen LogP contribution in [0, 0.1) is 19.8 Å². The van der Waals surface area contributed by atoms with Crippen molar-refractivity contribution < 1.29 is 9.90 Å². The van der Waals surface area contributed by atoms with Gasteiger partial charge < -0.3 is 5.11 Å². The molecule has 0 atom stereocenters. The number of hydrogen-bond acceptors (Lipinski definition) is 1. The molecule has 2 heteroatoms. The molecule has 1 aliphatic carbocycles. The molecule has 0 aromatic heterocycles. The molecule has 1 aromatic carbocycles. The first-order chi connectivity index (χ1) is 8.44. The van der Waals surface area contributed by atoms with Gasteiger partial charge in [0.15, 0.2) is 0 Å². The summed E-state index contributed by atoms with van der Waals surface area (Å²) in [5.41, 5.74) is 2.66. The third-order valence-electron chi connectivity index (χ3n) is 4.31. The van der Waals surface area contributed by atoms with E-state index in [1.165, 1.54) is 0 Å². The van der Waals surface area contributed by atoms with Gasteiger partial charge in [-0.25, -0.2) is 0 Å². The van der Waals surface area contributed by atoms with Gasteiger partial charge in [-0.2, -0.15) is 0 Å². The topological polar surface area (TPSA) is 37.3 Å². The van der Waals surface area contributed by atoms with E-state index in [9.17, 15) is 9.90 Å². The normalized spacial score (nSPS) is 28.1. The lowest BCUT2D eigenvalue weighted by Crippen LogP contribution is -2.39.